The molecule has 1 unspecified atom stereocenters. The molecule has 3 N–H and O–H groups in total. The van der Waals surface area contributed by atoms with Crippen molar-refractivity contribution < 1.29 is 4.79 Å². The molecule has 2 heterocycles. The van der Waals surface area contributed by atoms with Gasteiger partial charge in [0.2, 0.25) is 0 Å². The van der Waals surface area contributed by atoms with Crippen molar-refractivity contribution in [2.24, 2.45) is 11.7 Å². The van der Waals surface area contributed by atoms with Gasteiger partial charge < -0.3 is 16.0 Å². The van der Waals surface area contributed by atoms with Crippen molar-refractivity contribution in [3.05, 3.63) is 21.9 Å². The number of hydrogen-bond acceptors (Lipinski definition) is 3. The molecule has 5 heteroatoms. The fourth-order valence-corrected chi connectivity index (χ4v) is 3.15. The third-order valence-electron chi connectivity index (χ3n) is 3.41. The molecule has 0 radical (unpaired) electrons. The van der Waals surface area contributed by atoms with Gasteiger partial charge in [-0.2, -0.15) is 0 Å². The highest BCUT2D eigenvalue weighted by atomic mass is 32.1. The van der Waals surface area contributed by atoms with E-state index in [2.05, 4.69) is 24.1 Å². The van der Waals surface area contributed by atoms with Gasteiger partial charge in [0.15, 0.2) is 0 Å². The third kappa shape index (κ3) is 3.99. The Kier molecular flexibility index (Phi) is 5.45. The molecule has 2 amide bonds. The van der Waals surface area contributed by atoms with Crippen molar-refractivity contribution in [3.63, 3.8) is 0 Å². The van der Waals surface area contributed by atoms with E-state index < -0.39 is 0 Å². The van der Waals surface area contributed by atoms with E-state index in [1.54, 1.807) is 11.3 Å². The van der Waals surface area contributed by atoms with Gasteiger partial charge in [0.05, 0.1) is 13.1 Å². The van der Waals surface area contributed by atoms with Crippen molar-refractivity contribution in [3.8, 4) is 11.8 Å². The van der Waals surface area contributed by atoms with Gasteiger partial charge in [0, 0.05) is 23.5 Å². The molecule has 0 aromatic carbocycles. The topological polar surface area (TPSA) is 58.4 Å². The minimum Gasteiger partial charge on any atom is -0.333 e. The summed E-state index contributed by atoms with van der Waals surface area (Å²) in [5.41, 5.74) is 6.35. The molecule has 0 aliphatic carbocycles. The quantitative estimate of drug-likeness (QED) is 0.819. The summed E-state index contributed by atoms with van der Waals surface area (Å²) >= 11 is 1.61. The second kappa shape index (κ2) is 7.32. The van der Waals surface area contributed by atoms with Crippen LogP contribution in [0.4, 0.5) is 4.79 Å². The second-order valence-electron chi connectivity index (χ2n) is 5.12. The fourth-order valence-electron chi connectivity index (χ4n) is 2.38. The molecular formula is C15H21N3OS. The normalized spacial score (nSPS) is 18.3. The SMILES string of the molecule is CC1CCCN(C(=O)NCc2sccc2C#CCN)C1. The molecule has 0 spiro atoms. The van der Waals surface area contributed by atoms with Crippen LogP contribution >= 0.6 is 11.3 Å². The molecule has 0 saturated carbocycles. The zero-order chi connectivity index (χ0) is 14.4. The van der Waals surface area contributed by atoms with E-state index >= 15 is 0 Å². The van der Waals surface area contributed by atoms with Gasteiger partial charge in [0.1, 0.15) is 0 Å². The number of rotatable bonds is 2. The molecule has 1 aromatic heterocycles. The largest absolute Gasteiger partial charge is 0.333 e. The first kappa shape index (κ1) is 14.9. The van der Waals surface area contributed by atoms with Gasteiger partial charge in [-0.25, -0.2) is 4.79 Å². The van der Waals surface area contributed by atoms with Crippen LogP contribution in [0.15, 0.2) is 11.4 Å². The van der Waals surface area contributed by atoms with Crippen LogP contribution in [0, 0.1) is 17.8 Å². The Balaban J connectivity index is 1.88. The van der Waals surface area contributed by atoms with E-state index in [0.29, 0.717) is 19.0 Å². The first-order chi connectivity index (χ1) is 9.70. The van der Waals surface area contributed by atoms with Gasteiger partial charge in [-0.1, -0.05) is 18.8 Å². The monoisotopic (exact) mass is 291 g/mol. The molecule has 0 bridgehead atoms. The van der Waals surface area contributed by atoms with Gasteiger partial charge in [-0.3, -0.25) is 0 Å². The summed E-state index contributed by atoms with van der Waals surface area (Å²) in [6.07, 6.45) is 2.31. The first-order valence-electron chi connectivity index (χ1n) is 6.98. The van der Waals surface area contributed by atoms with Gasteiger partial charge in [0.25, 0.3) is 0 Å². The predicted octanol–water partition coefficient (Wildman–Crippen LogP) is 2.00. The number of nitrogens with two attached hydrogens (primary N) is 1. The third-order valence-corrected chi connectivity index (χ3v) is 4.34. The van der Waals surface area contributed by atoms with Crippen LogP contribution in [0.1, 0.15) is 30.2 Å². The Labute approximate surface area is 124 Å². The number of carbonyl (C=O) groups is 1. The molecule has 1 atom stereocenters. The number of amides is 2. The van der Waals surface area contributed by atoms with E-state index in [1.807, 2.05) is 16.3 Å². The van der Waals surface area contributed by atoms with Gasteiger partial charge >= 0.3 is 6.03 Å². The smallest absolute Gasteiger partial charge is 0.317 e. The molecule has 1 fully saturated rings. The summed E-state index contributed by atoms with van der Waals surface area (Å²) in [4.78, 5) is 15.1. The lowest BCUT2D eigenvalue weighted by molar-refractivity contribution is 0.169. The highest BCUT2D eigenvalue weighted by molar-refractivity contribution is 7.10. The number of likely N-dealkylation sites (tertiary alicyclic amines) is 1. The number of nitrogens with one attached hydrogen (secondary N) is 1. The number of carbonyl (C=O) groups excluding carboxylic acids is 1. The van der Waals surface area contributed by atoms with Crippen LogP contribution in [0.3, 0.4) is 0 Å². The minimum absolute atomic E-state index is 0.0303. The van der Waals surface area contributed by atoms with Crippen molar-refractivity contribution in [2.45, 2.75) is 26.3 Å². The molecule has 1 saturated heterocycles. The average molecular weight is 291 g/mol. The van der Waals surface area contributed by atoms with Crippen molar-refractivity contribution >= 4 is 17.4 Å². The van der Waals surface area contributed by atoms with Crippen LogP contribution in [0.2, 0.25) is 0 Å². The Morgan fingerprint density at radius 1 is 1.65 bits per heavy atom. The Hall–Kier alpha value is -1.51. The highest BCUT2D eigenvalue weighted by Gasteiger charge is 2.20. The maximum Gasteiger partial charge on any atom is 0.317 e. The summed E-state index contributed by atoms with van der Waals surface area (Å²) < 4.78 is 0. The lowest BCUT2D eigenvalue weighted by Gasteiger charge is -2.30. The average Bonchev–Trinajstić information content (AvgIpc) is 2.90. The standard InChI is InChI=1S/C15H21N3OS/c1-12-4-3-8-18(11-12)15(19)17-10-14-13(5-2-7-16)6-9-20-14/h6,9,12H,3-4,7-8,10-11,16H2,1H3,(H,17,19). The molecule has 20 heavy (non-hydrogen) atoms. The molecule has 1 aliphatic heterocycles. The number of nitrogens with zero attached hydrogens (tertiary/aromatic N) is 1. The Morgan fingerprint density at radius 2 is 2.50 bits per heavy atom. The van der Waals surface area contributed by atoms with Crippen LogP contribution in [0.25, 0.3) is 0 Å². The van der Waals surface area contributed by atoms with E-state index in [0.717, 1.165) is 30.0 Å². The number of thiophene rings is 1. The lowest BCUT2D eigenvalue weighted by Crippen LogP contribution is -2.44. The molecule has 1 aromatic rings. The Bertz CT molecular complexity index is 515. The van der Waals surface area contributed by atoms with Crippen LogP contribution < -0.4 is 11.1 Å². The zero-order valence-corrected chi connectivity index (χ0v) is 12.6. The van der Waals surface area contributed by atoms with Crippen molar-refractivity contribution in [1.29, 1.82) is 0 Å². The summed E-state index contributed by atoms with van der Waals surface area (Å²) in [6, 6.07) is 2.00. The van der Waals surface area contributed by atoms with Crippen LogP contribution in [0.5, 0.6) is 0 Å². The van der Waals surface area contributed by atoms with Gasteiger partial charge in [-0.15, -0.1) is 11.3 Å². The molecule has 1 aliphatic rings. The first-order valence-corrected chi connectivity index (χ1v) is 7.86. The molecule has 2 rings (SSSR count). The predicted molar refractivity (Wildman–Crippen MR) is 82.5 cm³/mol. The zero-order valence-electron chi connectivity index (χ0n) is 11.8. The molecular weight excluding hydrogens is 270 g/mol. The van der Waals surface area contributed by atoms with E-state index in [1.165, 1.54) is 6.42 Å². The maximum atomic E-state index is 12.1. The second-order valence-corrected chi connectivity index (χ2v) is 6.12. The number of hydrogen-bond donors (Lipinski definition) is 2. The van der Waals surface area contributed by atoms with E-state index in [-0.39, 0.29) is 6.03 Å². The number of piperidine rings is 1. The van der Waals surface area contributed by atoms with E-state index in [4.69, 9.17) is 5.73 Å². The number of urea groups is 1. The lowest BCUT2D eigenvalue weighted by atomic mass is 10.0. The maximum absolute atomic E-state index is 12.1. The van der Waals surface area contributed by atoms with E-state index in [9.17, 15) is 4.79 Å². The Morgan fingerprint density at radius 3 is 3.25 bits per heavy atom. The fraction of sp³-hybridized carbons (Fsp3) is 0.533. The van der Waals surface area contributed by atoms with Crippen LogP contribution in [-0.4, -0.2) is 30.6 Å². The molecule has 108 valence electrons. The van der Waals surface area contributed by atoms with Crippen molar-refractivity contribution in [1.82, 2.24) is 10.2 Å². The summed E-state index contributed by atoms with van der Waals surface area (Å²) in [6.45, 7) is 4.80. The highest BCUT2D eigenvalue weighted by Crippen LogP contribution is 2.17. The van der Waals surface area contributed by atoms with Crippen LogP contribution in [-0.2, 0) is 6.54 Å². The minimum atomic E-state index is 0.0303. The summed E-state index contributed by atoms with van der Waals surface area (Å²) in [5, 5.41) is 4.98. The van der Waals surface area contributed by atoms with Crippen molar-refractivity contribution in [2.75, 3.05) is 19.6 Å². The summed E-state index contributed by atoms with van der Waals surface area (Å²) in [7, 11) is 0. The van der Waals surface area contributed by atoms with Gasteiger partial charge in [-0.05, 0) is 30.2 Å². The summed E-state index contributed by atoms with van der Waals surface area (Å²) in [5.74, 6) is 6.48. The molecule has 4 nitrogen and oxygen atoms in total.